The number of ketones is 1. The van der Waals surface area contributed by atoms with E-state index < -0.39 is 0 Å². The van der Waals surface area contributed by atoms with Crippen LogP contribution in [0.15, 0.2) is 18.2 Å². The van der Waals surface area contributed by atoms with Crippen molar-refractivity contribution in [2.24, 2.45) is 0 Å². The summed E-state index contributed by atoms with van der Waals surface area (Å²) in [5.41, 5.74) is 1.23. The van der Waals surface area contributed by atoms with Gasteiger partial charge in [-0.25, -0.2) is 0 Å². The molecule has 3 heteroatoms. The van der Waals surface area contributed by atoms with E-state index in [2.05, 4.69) is 20.8 Å². The predicted molar refractivity (Wildman–Crippen MR) is 61.1 cm³/mol. The number of rotatable bonds is 0. The quantitative estimate of drug-likeness (QED) is 0.673. The largest absolute Gasteiger partial charge is 0.482 e. The zero-order valence-electron chi connectivity index (χ0n) is 9.87. The van der Waals surface area contributed by atoms with Gasteiger partial charge in [-0.1, -0.05) is 26.8 Å². The fraction of sp³-hybridized carbons (Fsp3) is 0.462. The van der Waals surface area contributed by atoms with E-state index in [1.165, 1.54) is 5.56 Å². The first-order chi connectivity index (χ1) is 7.47. The third-order valence-corrected chi connectivity index (χ3v) is 2.59. The highest BCUT2D eigenvalue weighted by Gasteiger charge is 2.19. The summed E-state index contributed by atoms with van der Waals surface area (Å²) in [4.78, 5) is 11.2. The first-order valence-corrected chi connectivity index (χ1v) is 5.38. The van der Waals surface area contributed by atoms with Crippen LogP contribution in [0.5, 0.6) is 11.5 Å². The predicted octanol–water partition coefficient (Wildman–Crippen LogP) is 2.32. The highest BCUT2D eigenvalue weighted by atomic mass is 16.5. The first-order valence-electron chi connectivity index (χ1n) is 5.38. The number of benzene rings is 1. The average molecular weight is 220 g/mol. The van der Waals surface area contributed by atoms with Crippen LogP contribution < -0.4 is 9.47 Å². The van der Waals surface area contributed by atoms with Gasteiger partial charge in [0, 0.05) is 0 Å². The molecule has 0 N–H and O–H groups in total. The van der Waals surface area contributed by atoms with Crippen LogP contribution in [0.3, 0.4) is 0 Å². The summed E-state index contributed by atoms with van der Waals surface area (Å²) < 4.78 is 10.8. The zero-order chi connectivity index (χ0) is 11.8. The van der Waals surface area contributed by atoms with Crippen molar-refractivity contribution in [1.82, 2.24) is 0 Å². The van der Waals surface area contributed by atoms with E-state index in [1.54, 1.807) is 0 Å². The molecule has 86 valence electrons. The summed E-state index contributed by atoms with van der Waals surface area (Å²) in [6.07, 6.45) is 0. The zero-order valence-corrected chi connectivity index (χ0v) is 9.87. The lowest BCUT2D eigenvalue weighted by atomic mass is 9.87. The standard InChI is InChI=1S/C13H16O3/c1-13(2,3)9-4-5-11-12(6-9)16-8-10(14)7-15-11/h4-6H,7-8H2,1-3H3. The number of fused-ring (bicyclic) bond motifs is 1. The lowest BCUT2D eigenvalue weighted by molar-refractivity contribution is -0.122. The fourth-order valence-corrected chi connectivity index (χ4v) is 1.56. The fourth-order valence-electron chi connectivity index (χ4n) is 1.56. The molecule has 0 amide bonds. The molecule has 0 atom stereocenters. The third kappa shape index (κ3) is 2.18. The molecule has 1 aliphatic rings. The molecule has 1 aromatic rings. The molecule has 0 aromatic heterocycles. The van der Waals surface area contributed by atoms with Gasteiger partial charge in [0.25, 0.3) is 0 Å². The lowest BCUT2D eigenvalue weighted by Crippen LogP contribution is -2.15. The molecule has 0 saturated carbocycles. The second kappa shape index (κ2) is 3.81. The Kier molecular flexibility index (Phi) is 2.62. The summed E-state index contributed by atoms with van der Waals surface area (Å²) in [6, 6.07) is 5.83. The molecule has 3 nitrogen and oxygen atoms in total. The Morgan fingerprint density at radius 1 is 1.06 bits per heavy atom. The Bertz CT molecular complexity index is 416. The van der Waals surface area contributed by atoms with Crippen LogP contribution in [0.2, 0.25) is 0 Å². The Morgan fingerprint density at radius 3 is 2.31 bits per heavy atom. The van der Waals surface area contributed by atoms with Gasteiger partial charge in [-0.3, -0.25) is 4.79 Å². The van der Waals surface area contributed by atoms with E-state index in [-0.39, 0.29) is 24.4 Å². The highest BCUT2D eigenvalue weighted by Crippen LogP contribution is 2.34. The van der Waals surface area contributed by atoms with E-state index in [4.69, 9.17) is 9.47 Å². The van der Waals surface area contributed by atoms with Crippen molar-refractivity contribution in [3.8, 4) is 11.5 Å². The number of ether oxygens (including phenoxy) is 2. The second-order valence-electron chi connectivity index (χ2n) is 5.03. The molecule has 0 fully saturated rings. The summed E-state index contributed by atoms with van der Waals surface area (Å²) in [7, 11) is 0. The molecule has 0 saturated heterocycles. The van der Waals surface area contributed by atoms with Crippen molar-refractivity contribution in [3.63, 3.8) is 0 Å². The Hall–Kier alpha value is -1.51. The van der Waals surface area contributed by atoms with Crippen LogP contribution in [0.4, 0.5) is 0 Å². The summed E-state index contributed by atoms with van der Waals surface area (Å²) in [5.74, 6) is 1.28. The van der Waals surface area contributed by atoms with Crippen molar-refractivity contribution in [1.29, 1.82) is 0 Å². The summed E-state index contributed by atoms with van der Waals surface area (Å²) >= 11 is 0. The molecule has 1 aliphatic heterocycles. The van der Waals surface area contributed by atoms with E-state index in [9.17, 15) is 4.79 Å². The third-order valence-electron chi connectivity index (χ3n) is 2.59. The summed E-state index contributed by atoms with van der Waals surface area (Å²) in [5, 5.41) is 0. The van der Waals surface area contributed by atoms with Crippen LogP contribution in [0.1, 0.15) is 26.3 Å². The van der Waals surface area contributed by atoms with Crippen LogP contribution >= 0.6 is 0 Å². The molecule has 0 spiro atoms. The molecule has 1 heterocycles. The smallest absolute Gasteiger partial charge is 0.207 e. The van der Waals surface area contributed by atoms with E-state index >= 15 is 0 Å². The SMILES string of the molecule is CC(C)(C)c1ccc2c(c1)OCC(=O)CO2. The molecule has 2 rings (SSSR count). The first kappa shape index (κ1) is 11.0. The van der Waals surface area contributed by atoms with Gasteiger partial charge in [0.2, 0.25) is 5.78 Å². The normalized spacial score (nSPS) is 15.8. The van der Waals surface area contributed by atoms with Gasteiger partial charge in [-0.15, -0.1) is 0 Å². The molecule has 1 aromatic carbocycles. The van der Waals surface area contributed by atoms with Crippen LogP contribution in [-0.4, -0.2) is 19.0 Å². The maximum absolute atomic E-state index is 11.2. The number of hydrogen-bond donors (Lipinski definition) is 0. The van der Waals surface area contributed by atoms with Crippen molar-refractivity contribution in [2.45, 2.75) is 26.2 Å². The van der Waals surface area contributed by atoms with Crippen molar-refractivity contribution < 1.29 is 14.3 Å². The van der Waals surface area contributed by atoms with Gasteiger partial charge in [0.15, 0.2) is 24.7 Å². The minimum Gasteiger partial charge on any atom is -0.482 e. The van der Waals surface area contributed by atoms with E-state index in [0.29, 0.717) is 11.5 Å². The van der Waals surface area contributed by atoms with Crippen molar-refractivity contribution >= 4 is 5.78 Å². The van der Waals surface area contributed by atoms with E-state index in [1.807, 2.05) is 18.2 Å². The Labute approximate surface area is 95.4 Å². The van der Waals surface area contributed by atoms with E-state index in [0.717, 1.165) is 0 Å². The molecule has 16 heavy (non-hydrogen) atoms. The molecule has 0 radical (unpaired) electrons. The monoisotopic (exact) mass is 220 g/mol. The molecule has 0 aliphatic carbocycles. The van der Waals surface area contributed by atoms with Crippen molar-refractivity contribution in [3.05, 3.63) is 23.8 Å². The van der Waals surface area contributed by atoms with Crippen LogP contribution in [0, 0.1) is 0 Å². The second-order valence-corrected chi connectivity index (χ2v) is 5.03. The molecule has 0 unspecified atom stereocenters. The topological polar surface area (TPSA) is 35.5 Å². The van der Waals surface area contributed by atoms with Gasteiger partial charge in [-0.2, -0.15) is 0 Å². The number of carbonyl (C=O) groups excluding carboxylic acids is 1. The number of hydrogen-bond acceptors (Lipinski definition) is 3. The summed E-state index contributed by atoms with van der Waals surface area (Å²) in [6.45, 7) is 6.61. The highest BCUT2D eigenvalue weighted by molar-refractivity contribution is 5.82. The van der Waals surface area contributed by atoms with Gasteiger partial charge < -0.3 is 9.47 Å². The van der Waals surface area contributed by atoms with Gasteiger partial charge in [0.05, 0.1) is 0 Å². The minimum absolute atomic E-state index is 0.0338. The molecular weight excluding hydrogens is 204 g/mol. The van der Waals surface area contributed by atoms with Crippen molar-refractivity contribution in [2.75, 3.05) is 13.2 Å². The van der Waals surface area contributed by atoms with Crippen LogP contribution in [0.25, 0.3) is 0 Å². The molecule has 0 bridgehead atoms. The van der Waals surface area contributed by atoms with Gasteiger partial charge in [0.1, 0.15) is 0 Å². The minimum atomic E-state index is -0.0338. The number of Topliss-reactive ketones (excluding diaryl/α,β-unsaturated/α-hetero) is 1. The lowest BCUT2D eigenvalue weighted by Gasteiger charge is -2.20. The average Bonchev–Trinajstić information content (AvgIpc) is 2.39. The number of carbonyl (C=O) groups is 1. The molecular formula is C13H16O3. The maximum Gasteiger partial charge on any atom is 0.207 e. The Morgan fingerprint density at radius 2 is 1.69 bits per heavy atom. The van der Waals surface area contributed by atoms with Gasteiger partial charge in [-0.05, 0) is 23.1 Å². The Balaban J connectivity index is 2.36. The maximum atomic E-state index is 11.2. The van der Waals surface area contributed by atoms with Crippen LogP contribution in [-0.2, 0) is 10.2 Å². The van der Waals surface area contributed by atoms with Gasteiger partial charge >= 0.3 is 0 Å².